The fourth-order valence-electron chi connectivity index (χ4n) is 3.98. The molecule has 1 aliphatic rings. The molecule has 4 rings (SSSR count). The van der Waals surface area contributed by atoms with Crippen LogP contribution in [0, 0.1) is 0 Å². The van der Waals surface area contributed by atoms with Crippen LogP contribution in [-0.2, 0) is 12.8 Å². The Bertz CT molecular complexity index is 985. The summed E-state index contributed by atoms with van der Waals surface area (Å²) >= 11 is 3.46. The quantitative estimate of drug-likeness (QED) is 0.421. The first kappa shape index (κ1) is 20.4. The minimum absolute atomic E-state index is 0.234. The van der Waals surface area contributed by atoms with Gasteiger partial charge in [0.25, 0.3) is 0 Å². The number of nitrogens with zero attached hydrogens (tertiary/aromatic N) is 3. The Hall–Kier alpha value is -1.83. The number of aromatic nitrogens is 2. The first-order chi connectivity index (χ1) is 14.1. The number of fused-ring (bicyclic) bond motifs is 3. The summed E-state index contributed by atoms with van der Waals surface area (Å²) in [6, 6.07) is 8.56. The van der Waals surface area contributed by atoms with E-state index in [1.54, 1.807) is 18.9 Å². The monoisotopic (exact) mass is 428 g/mol. The van der Waals surface area contributed by atoms with E-state index in [2.05, 4.69) is 36.4 Å². The van der Waals surface area contributed by atoms with Crippen molar-refractivity contribution in [2.24, 2.45) is 0 Å². The first-order valence-electron chi connectivity index (χ1n) is 10.0. The number of methoxy groups -OCH3 is 1. The lowest BCUT2D eigenvalue weighted by Crippen LogP contribution is -2.27. The highest BCUT2D eigenvalue weighted by Crippen LogP contribution is 2.39. The van der Waals surface area contributed by atoms with Gasteiger partial charge in [-0.2, -0.15) is 0 Å². The molecule has 1 aliphatic carbocycles. The molecule has 29 heavy (non-hydrogen) atoms. The third-order valence-corrected chi connectivity index (χ3v) is 7.30. The molecular formula is C22H28N4OS2. The summed E-state index contributed by atoms with van der Waals surface area (Å²) in [5.74, 6) is 1.87. The second kappa shape index (κ2) is 8.90. The van der Waals surface area contributed by atoms with Crippen molar-refractivity contribution >= 4 is 39.1 Å². The van der Waals surface area contributed by atoms with Crippen molar-refractivity contribution in [2.45, 2.75) is 36.9 Å². The highest BCUT2D eigenvalue weighted by Gasteiger charge is 2.22. The van der Waals surface area contributed by atoms with Gasteiger partial charge < -0.3 is 15.0 Å². The Labute approximate surface area is 180 Å². The summed E-state index contributed by atoms with van der Waals surface area (Å²) in [6.45, 7) is 0.782. The van der Waals surface area contributed by atoms with Gasteiger partial charge in [0, 0.05) is 11.4 Å². The maximum atomic E-state index is 5.31. The zero-order chi connectivity index (χ0) is 20.4. The molecule has 0 radical (unpaired) electrons. The molecule has 0 saturated heterocycles. The third kappa shape index (κ3) is 4.22. The lowest BCUT2D eigenvalue weighted by molar-refractivity contribution is 0.311. The fraction of sp³-hybridized carbons (Fsp3) is 0.455. The number of likely N-dealkylation sites (N-methyl/N-ethyl adjacent to an activating group) is 1. The Morgan fingerprint density at radius 3 is 2.62 bits per heavy atom. The molecule has 1 aromatic carbocycles. The van der Waals surface area contributed by atoms with Crippen molar-refractivity contribution in [2.75, 3.05) is 39.3 Å². The van der Waals surface area contributed by atoms with E-state index in [0.717, 1.165) is 34.5 Å². The molecule has 5 nitrogen and oxygen atoms in total. The molecule has 154 valence electrons. The number of benzene rings is 1. The summed E-state index contributed by atoms with van der Waals surface area (Å²) in [5, 5.41) is 5.76. The van der Waals surface area contributed by atoms with Crippen LogP contribution in [0.3, 0.4) is 0 Å². The molecule has 0 bridgehead atoms. The van der Waals surface area contributed by atoms with Gasteiger partial charge in [0.15, 0.2) is 5.16 Å². The van der Waals surface area contributed by atoms with E-state index in [1.807, 2.05) is 29.7 Å². The molecule has 1 unspecified atom stereocenters. The second-order valence-electron chi connectivity index (χ2n) is 7.58. The molecular weight excluding hydrogens is 400 g/mol. The predicted octanol–water partition coefficient (Wildman–Crippen LogP) is 5.02. The molecule has 2 aromatic heterocycles. The van der Waals surface area contributed by atoms with E-state index in [-0.39, 0.29) is 6.04 Å². The van der Waals surface area contributed by atoms with Crippen molar-refractivity contribution in [3.63, 3.8) is 0 Å². The van der Waals surface area contributed by atoms with Gasteiger partial charge in [-0.05, 0) is 69.3 Å². The molecule has 7 heteroatoms. The van der Waals surface area contributed by atoms with Crippen molar-refractivity contribution in [1.29, 1.82) is 0 Å². The number of hydrogen-bond acceptors (Lipinski definition) is 7. The van der Waals surface area contributed by atoms with E-state index < -0.39 is 0 Å². The fourth-order valence-corrected chi connectivity index (χ4v) is 5.66. The zero-order valence-corrected chi connectivity index (χ0v) is 19.1. The summed E-state index contributed by atoms with van der Waals surface area (Å²) in [5.41, 5.74) is 2.73. The molecule has 0 saturated carbocycles. The molecule has 3 aromatic rings. The van der Waals surface area contributed by atoms with Crippen LogP contribution in [0.2, 0.25) is 0 Å². The van der Waals surface area contributed by atoms with E-state index >= 15 is 0 Å². The van der Waals surface area contributed by atoms with Crippen molar-refractivity contribution in [1.82, 2.24) is 14.9 Å². The van der Waals surface area contributed by atoms with Crippen LogP contribution in [0.1, 0.15) is 34.9 Å². The molecule has 0 spiro atoms. The lowest BCUT2D eigenvalue weighted by Gasteiger charge is -2.26. The number of rotatable bonds is 7. The number of thiophene rings is 1. The van der Waals surface area contributed by atoms with Crippen LogP contribution >= 0.6 is 23.1 Å². The van der Waals surface area contributed by atoms with Crippen LogP contribution in [-0.4, -0.2) is 48.9 Å². The molecule has 2 heterocycles. The van der Waals surface area contributed by atoms with Gasteiger partial charge in [-0.15, -0.1) is 11.3 Å². The van der Waals surface area contributed by atoms with Crippen molar-refractivity contribution in [3.8, 4) is 5.75 Å². The second-order valence-corrected chi connectivity index (χ2v) is 9.44. The van der Waals surface area contributed by atoms with E-state index in [4.69, 9.17) is 14.7 Å². The van der Waals surface area contributed by atoms with Gasteiger partial charge in [-0.25, -0.2) is 9.97 Å². The highest BCUT2D eigenvalue weighted by molar-refractivity contribution is 7.98. The highest BCUT2D eigenvalue weighted by atomic mass is 32.2. The molecule has 1 N–H and O–H groups in total. The van der Waals surface area contributed by atoms with Gasteiger partial charge in [0.2, 0.25) is 0 Å². The van der Waals surface area contributed by atoms with Crippen LogP contribution in [0.15, 0.2) is 29.4 Å². The van der Waals surface area contributed by atoms with Crippen molar-refractivity contribution in [3.05, 3.63) is 40.3 Å². The standard InChI is InChI=1S/C22H28N4OS2/c1-26(2)17(14-9-11-15(27-3)12-10-14)13-23-20-19-16-7-5-6-8-18(16)29-21(19)25-22(24-20)28-4/h9-12,17H,5-8,13H2,1-4H3,(H,23,24,25). The minimum Gasteiger partial charge on any atom is -0.497 e. The van der Waals surface area contributed by atoms with Gasteiger partial charge >= 0.3 is 0 Å². The van der Waals surface area contributed by atoms with E-state index in [0.29, 0.717) is 0 Å². The van der Waals surface area contributed by atoms with Gasteiger partial charge in [0.1, 0.15) is 16.4 Å². The number of ether oxygens (including phenoxy) is 1. The Balaban J connectivity index is 1.65. The third-order valence-electron chi connectivity index (χ3n) is 5.56. The summed E-state index contributed by atoms with van der Waals surface area (Å²) in [7, 11) is 5.93. The maximum absolute atomic E-state index is 5.31. The van der Waals surface area contributed by atoms with Crippen LogP contribution in [0.25, 0.3) is 10.2 Å². The summed E-state index contributed by atoms with van der Waals surface area (Å²) in [6.07, 6.45) is 6.90. The SMILES string of the molecule is COc1ccc(C(CNc2nc(SC)nc3sc4c(c23)CCCC4)N(C)C)cc1. The predicted molar refractivity (Wildman–Crippen MR) is 124 cm³/mol. The number of nitrogens with one attached hydrogen (secondary N) is 1. The lowest BCUT2D eigenvalue weighted by atomic mass is 9.97. The average molecular weight is 429 g/mol. The van der Waals surface area contributed by atoms with E-state index in [1.165, 1.54) is 40.7 Å². The maximum Gasteiger partial charge on any atom is 0.190 e. The first-order valence-corrected chi connectivity index (χ1v) is 12.1. The molecule has 0 amide bonds. The Morgan fingerprint density at radius 2 is 1.93 bits per heavy atom. The van der Waals surface area contributed by atoms with Gasteiger partial charge in [-0.1, -0.05) is 23.9 Å². The molecule has 0 fully saturated rings. The number of anilines is 1. The summed E-state index contributed by atoms with van der Waals surface area (Å²) in [4.78, 5) is 14.5. The average Bonchev–Trinajstić information content (AvgIpc) is 3.12. The topological polar surface area (TPSA) is 50.3 Å². The smallest absolute Gasteiger partial charge is 0.190 e. The number of thioether (sulfide) groups is 1. The number of aryl methyl sites for hydroxylation is 2. The van der Waals surface area contributed by atoms with Crippen LogP contribution < -0.4 is 10.1 Å². The zero-order valence-electron chi connectivity index (χ0n) is 17.5. The summed E-state index contributed by atoms with van der Waals surface area (Å²) < 4.78 is 5.31. The Morgan fingerprint density at radius 1 is 1.17 bits per heavy atom. The van der Waals surface area contributed by atoms with E-state index in [9.17, 15) is 0 Å². The largest absolute Gasteiger partial charge is 0.497 e. The molecule has 1 atom stereocenters. The van der Waals surface area contributed by atoms with Gasteiger partial charge in [-0.3, -0.25) is 0 Å². The molecule has 0 aliphatic heterocycles. The normalized spacial score (nSPS) is 14.8. The van der Waals surface area contributed by atoms with Crippen molar-refractivity contribution < 1.29 is 4.74 Å². The number of hydrogen-bond donors (Lipinski definition) is 1. The Kier molecular flexibility index (Phi) is 6.27. The van der Waals surface area contributed by atoms with Gasteiger partial charge in [0.05, 0.1) is 18.5 Å². The van der Waals surface area contributed by atoms with Crippen LogP contribution in [0.4, 0.5) is 5.82 Å². The van der Waals surface area contributed by atoms with Crippen LogP contribution in [0.5, 0.6) is 5.75 Å². The minimum atomic E-state index is 0.234.